The molecule has 1 aromatic rings. The lowest BCUT2D eigenvalue weighted by Gasteiger charge is -2.34. The van der Waals surface area contributed by atoms with Crippen molar-refractivity contribution in [3.63, 3.8) is 0 Å². The van der Waals surface area contributed by atoms with Crippen LogP contribution in [-0.2, 0) is 35.7 Å². The number of nitrogens with one attached hydrogen (secondary N) is 2. The van der Waals surface area contributed by atoms with Gasteiger partial charge in [0.05, 0.1) is 5.75 Å². The van der Waals surface area contributed by atoms with Crippen LogP contribution in [0.5, 0.6) is 0 Å². The van der Waals surface area contributed by atoms with Crippen molar-refractivity contribution in [2.45, 2.75) is 83.7 Å². The first-order valence-electron chi connectivity index (χ1n) is 11.0. The molecule has 0 saturated heterocycles. The van der Waals surface area contributed by atoms with Crippen LogP contribution in [0.1, 0.15) is 68.7 Å². The van der Waals surface area contributed by atoms with Crippen LogP contribution in [0.25, 0.3) is 0 Å². The molecule has 1 fully saturated rings. The van der Waals surface area contributed by atoms with E-state index < -0.39 is 16.1 Å². The van der Waals surface area contributed by atoms with E-state index in [1.807, 2.05) is 0 Å². The Hall–Kier alpha value is -1.60. The second kappa shape index (κ2) is 7.58. The fourth-order valence-electron chi connectivity index (χ4n) is 5.54. The number of amides is 2. The first-order valence-corrected chi connectivity index (χ1v) is 12.6. The second-order valence-electron chi connectivity index (χ2n) is 9.15. The quantitative estimate of drug-likeness (QED) is 0.710. The molecule has 4 rings (SSSR count). The molecule has 2 N–H and O–H groups in total. The zero-order valence-corrected chi connectivity index (χ0v) is 18.6. The van der Waals surface area contributed by atoms with Crippen molar-refractivity contribution in [1.29, 1.82) is 0 Å². The molecular formula is C22H33N3O3S. The fourth-order valence-corrected chi connectivity index (χ4v) is 7.11. The highest BCUT2D eigenvalue weighted by Crippen LogP contribution is 2.44. The van der Waals surface area contributed by atoms with Crippen molar-refractivity contribution in [1.82, 2.24) is 9.62 Å². The molecule has 0 bridgehead atoms. The Kier molecular flexibility index (Phi) is 5.40. The number of anilines is 1. The van der Waals surface area contributed by atoms with Gasteiger partial charge < -0.3 is 5.32 Å². The summed E-state index contributed by atoms with van der Waals surface area (Å²) in [7, 11) is -3.72. The molecule has 0 atom stereocenters. The lowest BCUT2D eigenvalue weighted by Crippen LogP contribution is -2.49. The molecule has 6 nitrogen and oxygen atoms in total. The number of fused-ring (bicyclic) bond motifs is 2. The molecule has 0 aromatic heterocycles. The van der Waals surface area contributed by atoms with E-state index >= 15 is 0 Å². The van der Waals surface area contributed by atoms with Crippen LogP contribution in [0.4, 0.5) is 10.5 Å². The van der Waals surface area contributed by atoms with Crippen molar-refractivity contribution in [3.05, 3.63) is 28.3 Å². The lowest BCUT2D eigenvalue weighted by molar-refractivity contribution is 0.158. The predicted octanol–water partition coefficient (Wildman–Crippen LogP) is 3.38. The zero-order valence-electron chi connectivity index (χ0n) is 17.8. The summed E-state index contributed by atoms with van der Waals surface area (Å²) in [6, 6.07) is 1.95. The molecule has 2 amide bonds. The monoisotopic (exact) mass is 419 g/mol. The number of aryl methyl sites for hydroxylation is 2. The third kappa shape index (κ3) is 4.04. The SMILES string of the molecule is CCN(C(C)C)C1(CS(=O)(=O)NC(=O)Nc2c3c(cc4c2CCC4)CCC3)CC1. The van der Waals surface area contributed by atoms with Crippen LogP contribution in [0, 0.1) is 0 Å². The number of carbonyl (C=O) groups is 1. The standard InChI is InChI=1S/C22H33N3O3S/c1-4-25(15(2)3)22(11-12-22)14-29(27,28)24-21(26)23-20-18-9-5-7-16(18)13-17-8-6-10-19(17)20/h13,15H,4-12,14H2,1-3H3,(H2,23,24,26). The van der Waals surface area contributed by atoms with E-state index in [4.69, 9.17) is 0 Å². The molecule has 0 spiro atoms. The molecule has 7 heteroatoms. The summed E-state index contributed by atoms with van der Waals surface area (Å²) >= 11 is 0. The molecule has 160 valence electrons. The molecular weight excluding hydrogens is 386 g/mol. The van der Waals surface area contributed by atoms with Gasteiger partial charge in [0, 0.05) is 17.3 Å². The van der Waals surface area contributed by atoms with E-state index in [-0.39, 0.29) is 17.3 Å². The van der Waals surface area contributed by atoms with E-state index in [0.29, 0.717) is 0 Å². The molecule has 3 aliphatic carbocycles. The summed E-state index contributed by atoms with van der Waals surface area (Å²) in [5, 5.41) is 2.93. The maximum absolute atomic E-state index is 12.8. The number of nitrogens with zero attached hydrogens (tertiary/aromatic N) is 1. The highest BCUT2D eigenvalue weighted by molar-refractivity contribution is 7.90. The van der Waals surface area contributed by atoms with Gasteiger partial charge in [-0.05, 0) is 94.0 Å². The Labute approximate surface area is 174 Å². The molecule has 1 saturated carbocycles. The Morgan fingerprint density at radius 3 is 2.17 bits per heavy atom. The average Bonchev–Trinajstić information content (AvgIpc) is 3.05. The summed E-state index contributed by atoms with van der Waals surface area (Å²) in [5.41, 5.74) is 5.58. The third-order valence-corrected chi connectivity index (χ3v) is 8.23. The lowest BCUT2D eigenvalue weighted by atomic mass is 9.99. The van der Waals surface area contributed by atoms with Gasteiger partial charge in [0.25, 0.3) is 0 Å². The highest BCUT2D eigenvalue weighted by Gasteiger charge is 2.51. The van der Waals surface area contributed by atoms with Gasteiger partial charge in [-0.25, -0.2) is 17.9 Å². The van der Waals surface area contributed by atoms with Gasteiger partial charge in [0.1, 0.15) is 0 Å². The molecule has 0 radical (unpaired) electrons. The minimum absolute atomic E-state index is 0.0234. The molecule has 0 heterocycles. The van der Waals surface area contributed by atoms with Crippen molar-refractivity contribution in [2.24, 2.45) is 0 Å². The summed E-state index contributed by atoms with van der Waals surface area (Å²) < 4.78 is 27.9. The molecule has 3 aliphatic rings. The van der Waals surface area contributed by atoms with Crippen LogP contribution in [-0.4, -0.2) is 43.2 Å². The summed E-state index contributed by atoms with van der Waals surface area (Å²) in [5.74, 6) is -0.0234. The molecule has 1 aromatic carbocycles. The van der Waals surface area contributed by atoms with Crippen molar-refractivity contribution < 1.29 is 13.2 Å². The average molecular weight is 420 g/mol. The van der Waals surface area contributed by atoms with E-state index in [2.05, 4.69) is 41.8 Å². The van der Waals surface area contributed by atoms with Gasteiger partial charge in [-0.1, -0.05) is 13.0 Å². The summed E-state index contributed by atoms with van der Waals surface area (Å²) in [6.07, 6.45) is 7.91. The van der Waals surface area contributed by atoms with E-state index in [1.54, 1.807) is 0 Å². The Balaban J connectivity index is 1.48. The van der Waals surface area contributed by atoms with Gasteiger partial charge >= 0.3 is 6.03 Å². The second-order valence-corrected chi connectivity index (χ2v) is 10.9. The van der Waals surface area contributed by atoms with Gasteiger partial charge in [0.15, 0.2) is 0 Å². The van der Waals surface area contributed by atoms with E-state index in [0.717, 1.165) is 63.6 Å². The highest BCUT2D eigenvalue weighted by atomic mass is 32.2. The van der Waals surface area contributed by atoms with E-state index in [9.17, 15) is 13.2 Å². The number of hydrogen-bond donors (Lipinski definition) is 2. The number of benzene rings is 1. The minimum Gasteiger partial charge on any atom is -0.307 e. The predicted molar refractivity (Wildman–Crippen MR) is 116 cm³/mol. The van der Waals surface area contributed by atoms with Gasteiger partial charge in [-0.2, -0.15) is 0 Å². The Bertz CT molecular complexity index is 887. The van der Waals surface area contributed by atoms with Crippen molar-refractivity contribution in [2.75, 3.05) is 17.6 Å². The van der Waals surface area contributed by atoms with Crippen molar-refractivity contribution in [3.8, 4) is 0 Å². The number of carbonyl (C=O) groups excluding carboxylic acids is 1. The Morgan fingerprint density at radius 2 is 1.69 bits per heavy atom. The maximum Gasteiger partial charge on any atom is 0.332 e. The number of urea groups is 1. The maximum atomic E-state index is 12.8. The molecule has 0 unspecified atom stereocenters. The number of rotatable bonds is 7. The summed E-state index contributed by atoms with van der Waals surface area (Å²) in [4.78, 5) is 14.9. The third-order valence-electron chi connectivity index (χ3n) is 6.82. The largest absolute Gasteiger partial charge is 0.332 e. The van der Waals surface area contributed by atoms with Crippen LogP contribution < -0.4 is 10.0 Å². The molecule has 29 heavy (non-hydrogen) atoms. The smallest absolute Gasteiger partial charge is 0.307 e. The normalized spacial score (nSPS) is 19.3. The summed E-state index contributed by atoms with van der Waals surface area (Å²) in [6.45, 7) is 7.05. The number of sulfonamides is 1. The topological polar surface area (TPSA) is 78.5 Å². The van der Waals surface area contributed by atoms with Crippen LogP contribution in [0.3, 0.4) is 0 Å². The van der Waals surface area contributed by atoms with Crippen LogP contribution in [0.15, 0.2) is 6.07 Å². The van der Waals surface area contributed by atoms with Gasteiger partial charge in [-0.15, -0.1) is 0 Å². The minimum atomic E-state index is -3.72. The first kappa shape index (κ1) is 20.7. The fraction of sp³-hybridized carbons (Fsp3) is 0.682. The van der Waals surface area contributed by atoms with Crippen LogP contribution >= 0.6 is 0 Å². The first-order chi connectivity index (χ1) is 13.7. The Morgan fingerprint density at radius 1 is 1.10 bits per heavy atom. The van der Waals surface area contributed by atoms with E-state index in [1.165, 1.54) is 22.3 Å². The van der Waals surface area contributed by atoms with Crippen LogP contribution in [0.2, 0.25) is 0 Å². The number of hydrogen-bond acceptors (Lipinski definition) is 4. The molecule has 0 aliphatic heterocycles. The van der Waals surface area contributed by atoms with Crippen molar-refractivity contribution >= 4 is 21.7 Å². The van der Waals surface area contributed by atoms with Gasteiger partial charge in [0.2, 0.25) is 10.0 Å². The zero-order chi connectivity index (χ0) is 20.8. The van der Waals surface area contributed by atoms with Gasteiger partial charge in [-0.3, -0.25) is 4.90 Å².